The van der Waals surface area contributed by atoms with Crippen LogP contribution in [-0.2, 0) is 14.8 Å². The van der Waals surface area contributed by atoms with Gasteiger partial charge < -0.3 is 4.74 Å². The highest BCUT2D eigenvalue weighted by Gasteiger charge is 2.44. The Labute approximate surface area is 127 Å². The molecule has 0 aliphatic carbocycles. The molecule has 0 aromatic heterocycles. The largest absolute Gasteiger partial charge is 0.375 e. The first kappa shape index (κ1) is 15.7. The smallest absolute Gasteiger partial charge is 0.211 e. The molecule has 7 heteroatoms. The Morgan fingerprint density at radius 2 is 2.19 bits per heavy atom. The second kappa shape index (κ2) is 6.12. The minimum absolute atomic E-state index is 0.241. The van der Waals surface area contributed by atoms with Crippen LogP contribution in [0.4, 0.5) is 0 Å². The fourth-order valence-corrected chi connectivity index (χ4v) is 5.29. The molecule has 21 heavy (non-hydrogen) atoms. The molecule has 3 aliphatic rings. The Morgan fingerprint density at radius 1 is 1.38 bits per heavy atom. The molecular weight excluding hydrogens is 290 g/mol. The fourth-order valence-electron chi connectivity index (χ4n) is 4.35. The van der Waals surface area contributed by atoms with Crippen molar-refractivity contribution in [2.24, 2.45) is 17.7 Å². The first-order valence-corrected chi connectivity index (χ1v) is 9.89. The van der Waals surface area contributed by atoms with E-state index in [1.807, 2.05) is 0 Å². The molecule has 3 rings (SSSR count). The van der Waals surface area contributed by atoms with Crippen molar-refractivity contribution in [1.82, 2.24) is 9.73 Å². The van der Waals surface area contributed by atoms with Crippen LogP contribution in [0.5, 0.6) is 0 Å². The van der Waals surface area contributed by atoms with E-state index in [4.69, 9.17) is 10.6 Å². The van der Waals surface area contributed by atoms with Gasteiger partial charge in [0.25, 0.3) is 0 Å². The summed E-state index contributed by atoms with van der Waals surface area (Å²) in [6.45, 7) is 1.30. The maximum atomic E-state index is 11.7. The topological polar surface area (TPSA) is 84.7 Å². The van der Waals surface area contributed by atoms with E-state index in [0.29, 0.717) is 37.1 Å². The SMILES string of the molecule is CS(=O)(=O)N1CCCC(CC(NN)C2CC3CCC2O3)C1. The minimum Gasteiger partial charge on any atom is -0.375 e. The molecule has 122 valence electrons. The number of fused-ring (bicyclic) bond motifs is 2. The van der Waals surface area contributed by atoms with E-state index in [-0.39, 0.29) is 6.04 Å². The predicted octanol–water partition coefficient (Wildman–Crippen LogP) is 0.448. The number of nitrogens with two attached hydrogens (primary N) is 1. The van der Waals surface area contributed by atoms with Gasteiger partial charge in [0.15, 0.2) is 0 Å². The van der Waals surface area contributed by atoms with Crippen LogP contribution in [0, 0.1) is 11.8 Å². The van der Waals surface area contributed by atoms with Gasteiger partial charge in [0.05, 0.1) is 18.5 Å². The van der Waals surface area contributed by atoms with Crippen molar-refractivity contribution in [3.05, 3.63) is 0 Å². The van der Waals surface area contributed by atoms with E-state index in [1.165, 1.54) is 12.7 Å². The number of hydrogen-bond acceptors (Lipinski definition) is 5. The number of piperidine rings is 1. The molecule has 3 fully saturated rings. The van der Waals surface area contributed by atoms with Crippen LogP contribution in [0.1, 0.15) is 38.5 Å². The molecule has 3 N–H and O–H groups in total. The Kier molecular flexibility index (Phi) is 4.57. The van der Waals surface area contributed by atoms with Crippen molar-refractivity contribution in [2.45, 2.75) is 56.8 Å². The highest BCUT2D eigenvalue weighted by Crippen LogP contribution is 2.41. The Bertz CT molecular complexity index is 470. The molecule has 2 bridgehead atoms. The zero-order chi connectivity index (χ0) is 15.0. The van der Waals surface area contributed by atoms with Crippen LogP contribution in [-0.4, -0.2) is 50.3 Å². The van der Waals surface area contributed by atoms with E-state index in [2.05, 4.69) is 5.43 Å². The van der Waals surface area contributed by atoms with Crippen LogP contribution in [0.25, 0.3) is 0 Å². The van der Waals surface area contributed by atoms with Crippen LogP contribution in [0.3, 0.4) is 0 Å². The first-order valence-electron chi connectivity index (χ1n) is 8.04. The third-order valence-corrected chi connectivity index (χ3v) is 6.69. The Hall–Kier alpha value is -0.210. The summed E-state index contributed by atoms with van der Waals surface area (Å²) in [7, 11) is -3.07. The summed E-state index contributed by atoms with van der Waals surface area (Å²) >= 11 is 0. The van der Waals surface area contributed by atoms with Gasteiger partial charge in [0, 0.05) is 25.0 Å². The molecule has 3 saturated heterocycles. The van der Waals surface area contributed by atoms with Crippen LogP contribution in [0.2, 0.25) is 0 Å². The third kappa shape index (κ3) is 3.42. The van der Waals surface area contributed by atoms with Crippen molar-refractivity contribution in [3.8, 4) is 0 Å². The Balaban J connectivity index is 1.59. The molecule has 0 radical (unpaired) electrons. The zero-order valence-corrected chi connectivity index (χ0v) is 13.5. The number of nitrogens with zero attached hydrogens (tertiary/aromatic N) is 1. The van der Waals surface area contributed by atoms with Crippen molar-refractivity contribution >= 4 is 10.0 Å². The summed E-state index contributed by atoms with van der Waals surface area (Å²) in [4.78, 5) is 0. The fraction of sp³-hybridized carbons (Fsp3) is 1.00. The van der Waals surface area contributed by atoms with Crippen molar-refractivity contribution in [1.29, 1.82) is 0 Å². The second-order valence-electron chi connectivity index (χ2n) is 6.91. The number of sulfonamides is 1. The molecule has 0 saturated carbocycles. The van der Waals surface area contributed by atoms with Gasteiger partial charge in [-0.2, -0.15) is 0 Å². The quantitative estimate of drug-likeness (QED) is 0.568. The summed E-state index contributed by atoms with van der Waals surface area (Å²) in [5.74, 6) is 6.67. The third-order valence-electron chi connectivity index (χ3n) is 5.42. The van der Waals surface area contributed by atoms with Gasteiger partial charge in [-0.3, -0.25) is 11.3 Å². The van der Waals surface area contributed by atoms with Gasteiger partial charge >= 0.3 is 0 Å². The molecule has 5 unspecified atom stereocenters. The average molecular weight is 317 g/mol. The number of ether oxygens (including phenoxy) is 1. The van der Waals surface area contributed by atoms with E-state index >= 15 is 0 Å². The molecule has 0 aromatic rings. The van der Waals surface area contributed by atoms with E-state index < -0.39 is 10.0 Å². The number of rotatable bonds is 5. The van der Waals surface area contributed by atoms with E-state index in [1.54, 1.807) is 4.31 Å². The summed E-state index contributed by atoms with van der Waals surface area (Å²) in [5.41, 5.74) is 2.98. The lowest BCUT2D eigenvalue weighted by Crippen LogP contribution is -2.48. The minimum atomic E-state index is -3.07. The van der Waals surface area contributed by atoms with Crippen LogP contribution in [0.15, 0.2) is 0 Å². The summed E-state index contributed by atoms with van der Waals surface area (Å²) in [5, 5.41) is 0. The lowest BCUT2D eigenvalue weighted by molar-refractivity contribution is 0.0817. The summed E-state index contributed by atoms with van der Waals surface area (Å²) in [6.07, 6.45) is 8.49. The molecule has 5 atom stereocenters. The predicted molar refractivity (Wildman–Crippen MR) is 80.9 cm³/mol. The lowest BCUT2D eigenvalue weighted by atomic mass is 9.79. The average Bonchev–Trinajstić information content (AvgIpc) is 3.07. The molecule has 0 spiro atoms. The maximum Gasteiger partial charge on any atom is 0.211 e. The second-order valence-corrected chi connectivity index (χ2v) is 8.89. The van der Waals surface area contributed by atoms with E-state index in [9.17, 15) is 8.42 Å². The van der Waals surface area contributed by atoms with Gasteiger partial charge in [-0.1, -0.05) is 0 Å². The van der Waals surface area contributed by atoms with Crippen LogP contribution >= 0.6 is 0 Å². The highest BCUT2D eigenvalue weighted by molar-refractivity contribution is 7.88. The van der Waals surface area contributed by atoms with Gasteiger partial charge in [-0.15, -0.1) is 0 Å². The Morgan fingerprint density at radius 3 is 2.76 bits per heavy atom. The lowest BCUT2D eigenvalue weighted by Gasteiger charge is -2.35. The number of nitrogens with one attached hydrogen (secondary N) is 1. The summed E-state index contributed by atoms with van der Waals surface area (Å²) < 4.78 is 31.0. The summed E-state index contributed by atoms with van der Waals surface area (Å²) in [6, 6.07) is 0.241. The number of hydrogen-bond donors (Lipinski definition) is 2. The normalized spacial score (nSPS) is 38.8. The van der Waals surface area contributed by atoms with Gasteiger partial charge in [-0.25, -0.2) is 12.7 Å². The number of hydrazine groups is 1. The van der Waals surface area contributed by atoms with Crippen molar-refractivity contribution < 1.29 is 13.2 Å². The monoisotopic (exact) mass is 317 g/mol. The molecule has 0 aromatic carbocycles. The van der Waals surface area contributed by atoms with Gasteiger partial charge in [0.2, 0.25) is 10.0 Å². The zero-order valence-electron chi connectivity index (χ0n) is 12.7. The maximum absolute atomic E-state index is 11.7. The molecule has 0 amide bonds. The van der Waals surface area contributed by atoms with Gasteiger partial charge in [0.1, 0.15) is 0 Å². The van der Waals surface area contributed by atoms with Gasteiger partial charge in [-0.05, 0) is 44.4 Å². The standard InChI is InChI=1S/C14H27N3O3S/c1-21(18,19)17-6-2-3-10(9-17)7-13(16-15)12-8-11-4-5-14(12)20-11/h10-14,16H,2-9,15H2,1H3. The molecular formula is C14H27N3O3S. The molecule has 3 heterocycles. The van der Waals surface area contributed by atoms with E-state index in [0.717, 1.165) is 32.1 Å². The molecule has 6 nitrogen and oxygen atoms in total. The first-order chi connectivity index (χ1) is 9.97. The van der Waals surface area contributed by atoms with Crippen LogP contribution < -0.4 is 11.3 Å². The highest BCUT2D eigenvalue weighted by atomic mass is 32.2. The van der Waals surface area contributed by atoms with Crippen molar-refractivity contribution in [2.75, 3.05) is 19.3 Å². The van der Waals surface area contributed by atoms with Crippen molar-refractivity contribution in [3.63, 3.8) is 0 Å². The molecule has 3 aliphatic heterocycles.